The standard InChI is InChI=1S/C12H16N2O5S/c1-8-12(9(2)19-14-8)20(16,17)13-6-5-10(15)11-4-3-7-18-11/h3-4,7,10,13,15H,5-6H2,1-2H3. The van der Waals surface area contributed by atoms with Gasteiger partial charge in [0.25, 0.3) is 0 Å². The van der Waals surface area contributed by atoms with E-state index in [1.54, 1.807) is 19.1 Å². The van der Waals surface area contributed by atoms with Gasteiger partial charge in [-0.05, 0) is 32.4 Å². The molecule has 0 aliphatic rings. The lowest BCUT2D eigenvalue weighted by Gasteiger charge is -2.09. The first kappa shape index (κ1) is 14.8. The van der Waals surface area contributed by atoms with Gasteiger partial charge in [0.15, 0.2) is 5.76 Å². The minimum atomic E-state index is -3.69. The predicted molar refractivity (Wildman–Crippen MR) is 69.5 cm³/mol. The van der Waals surface area contributed by atoms with E-state index in [1.165, 1.54) is 13.2 Å². The molecule has 2 N–H and O–H groups in total. The van der Waals surface area contributed by atoms with Crippen LogP contribution in [0, 0.1) is 13.8 Å². The van der Waals surface area contributed by atoms with Crippen LogP contribution >= 0.6 is 0 Å². The maximum atomic E-state index is 12.1. The smallest absolute Gasteiger partial charge is 0.245 e. The van der Waals surface area contributed by atoms with Gasteiger partial charge in [-0.15, -0.1) is 0 Å². The average molecular weight is 300 g/mol. The quantitative estimate of drug-likeness (QED) is 0.832. The predicted octanol–water partition coefficient (Wildman–Crippen LogP) is 1.29. The van der Waals surface area contributed by atoms with Crippen LogP contribution in [0.5, 0.6) is 0 Å². The summed E-state index contributed by atoms with van der Waals surface area (Å²) in [6.07, 6.45) is 0.806. The summed E-state index contributed by atoms with van der Waals surface area (Å²) in [5, 5.41) is 13.4. The minimum Gasteiger partial charge on any atom is -0.467 e. The number of aromatic nitrogens is 1. The highest BCUT2D eigenvalue weighted by Gasteiger charge is 2.24. The van der Waals surface area contributed by atoms with E-state index in [1.807, 2.05) is 0 Å². The van der Waals surface area contributed by atoms with Crippen LogP contribution in [0.4, 0.5) is 0 Å². The SMILES string of the molecule is Cc1noc(C)c1S(=O)(=O)NCCC(O)c1ccco1. The summed E-state index contributed by atoms with van der Waals surface area (Å²) in [4.78, 5) is 0.0463. The molecule has 0 spiro atoms. The second-order valence-corrected chi connectivity index (χ2v) is 6.07. The van der Waals surface area contributed by atoms with Crippen molar-refractivity contribution in [2.24, 2.45) is 0 Å². The summed E-state index contributed by atoms with van der Waals surface area (Å²) < 4.78 is 36.5. The van der Waals surface area contributed by atoms with Crippen molar-refractivity contribution in [1.82, 2.24) is 9.88 Å². The molecule has 0 radical (unpaired) electrons. The molecule has 110 valence electrons. The number of aliphatic hydroxyl groups excluding tert-OH is 1. The molecule has 2 rings (SSSR count). The summed E-state index contributed by atoms with van der Waals surface area (Å²) in [5.41, 5.74) is 0.307. The molecular weight excluding hydrogens is 284 g/mol. The molecule has 0 aliphatic carbocycles. The van der Waals surface area contributed by atoms with Gasteiger partial charge in [0.2, 0.25) is 10.0 Å². The zero-order valence-electron chi connectivity index (χ0n) is 11.2. The number of furan rings is 1. The van der Waals surface area contributed by atoms with Crippen molar-refractivity contribution in [3.63, 3.8) is 0 Å². The monoisotopic (exact) mass is 300 g/mol. The third-order valence-electron chi connectivity index (χ3n) is 2.82. The van der Waals surface area contributed by atoms with Crippen LogP contribution < -0.4 is 4.72 Å². The number of rotatable bonds is 6. The van der Waals surface area contributed by atoms with Gasteiger partial charge in [-0.25, -0.2) is 13.1 Å². The Bertz CT molecular complexity index is 641. The summed E-state index contributed by atoms with van der Waals surface area (Å²) in [6, 6.07) is 3.29. The molecule has 0 amide bonds. The van der Waals surface area contributed by atoms with Crippen molar-refractivity contribution >= 4 is 10.0 Å². The second-order valence-electron chi connectivity index (χ2n) is 4.37. The Hall–Kier alpha value is -1.64. The Balaban J connectivity index is 1.97. The maximum absolute atomic E-state index is 12.1. The number of nitrogens with zero attached hydrogens (tertiary/aromatic N) is 1. The van der Waals surface area contributed by atoms with Crippen LogP contribution in [-0.4, -0.2) is 25.2 Å². The van der Waals surface area contributed by atoms with Crippen LogP contribution in [0.1, 0.15) is 29.7 Å². The Labute approximate surface area is 116 Å². The summed E-state index contributed by atoms with van der Waals surface area (Å²) in [6.45, 7) is 3.17. The first-order chi connectivity index (χ1) is 9.42. The Morgan fingerprint density at radius 1 is 1.45 bits per heavy atom. The molecule has 2 heterocycles. The van der Waals surface area contributed by atoms with E-state index in [9.17, 15) is 13.5 Å². The van der Waals surface area contributed by atoms with Gasteiger partial charge in [-0.3, -0.25) is 0 Å². The van der Waals surface area contributed by atoms with Gasteiger partial charge < -0.3 is 14.0 Å². The van der Waals surface area contributed by atoms with E-state index in [2.05, 4.69) is 9.88 Å². The molecule has 0 bridgehead atoms. The van der Waals surface area contributed by atoms with Crippen molar-refractivity contribution in [3.8, 4) is 0 Å². The van der Waals surface area contributed by atoms with Crippen molar-refractivity contribution in [1.29, 1.82) is 0 Å². The highest BCUT2D eigenvalue weighted by Crippen LogP contribution is 2.20. The molecule has 2 aromatic heterocycles. The van der Waals surface area contributed by atoms with E-state index in [0.717, 1.165) is 0 Å². The van der Waals surface area contributed by atoms with Gasteiger partial charge in [-0.2, -0.15) is 0 Å². The van der Waals surface area contributed by atoms with E-state index in [-0.39, 0.29) is 23.6 Å². The molecule has 8 heteroatoms. The van der Waals surface area contributed by atoms with Crippen LogP contribution in [0.3, 0.4) is 0 Å². The molecule has 0 aromatic carbocycles. The van der Waals surface area contributed by atoms with Crippen LogP contribution in [0.2, 0.25) is 0 Å². The molecule has 0 fully saturated rings. The van der Waals surface area contributed by atoms with Gasteiger partial charge >= 0.3 is 0 Å². The fourth-order valence-electron chi connectivity index (χ4n) is 1.88. The normalized spacial score (nSPS) is 13.6. The lowest BCUT2D eigenvalue weighted by Crippen LogP contribution is -2.26. The highest BCUT2D eigenvalue weighted by molar-refractivity contribution is 7.89. The minimum absolute atomic E-state index is 0.0463. The average Bonchev–Trinajstić information content (AvgIpc) is 2.99. The Morgan fingerprint density at radius 3 is 2.75 bits per heavy atom. The number of hydrogen-bond acceptors (Lipinski definition) is 6. The molecule has 7 nitrogen and oxygen atoms in total. The summed E-state index contributed by atoms with van der Waals surface area (Å²) in [5.74, 6) is 0.642. The molecule has 0 saturated heterocycles. The third-order valence-corrected chi connectivity index (χ3v) is 4.52. The van der Waals surface area contributed by atoms with Crippen molar-refractivity contribution < 1.29 is 22.5 Å². The lowest BCUT2D eigenvalue weighted by molar-refractivity contribution is 0.142. The molecule has 0 aliphatic heterocycles. The zero-order chi connectivity index (χ0) is 14.8. The number of hydrogen-bond donors (Lipinski definition) is 2. The van der Waals surface area contributed by atoms with Gasteiger partial charge in [0.05, 0.1) is 6.26 Å². The van der Waals surface area contributed by atoms with Crippen molar-refractivity contribution in [2.45, 2.75) is 31.3 Å². The number of aryl methyl sites for hydroxylation is 2. The first-order valence-electron chi connectivity index (χ1n) is 6.06. The summed E-state index contributed by atoms with van der Waals surface area (Å²) in [7, 11) is -3.69. The second kappa shape index (κ2) is 5.78. The fourth-order valence-corrected chi connectivity index (χ4v) is 3.26. The van der Waals surface area contributed by atoms with Crippen LogP contribution in [0.15, 0.2) is 32.2 Å². The van der Waals surface area contributed by atoms with E-state index >= 15 is 0 Å². The lowest BCUT2D eigenvalue weighted by atomic mass is 10.2. The number of sulfonamides is 1. The van der Waals surface area contributed by atoms with Crippen molar-refractivity contribution in [2.75, 3.05) is 6.54 Å². The van der Waals surface area contributed by atoms with E-state index in [4.69, 9.17) is 8.94 Å². The van der Waals surface area contributed by atoms with Crippen LogP contribution in [-0.2, 0) is 10.0 Å². The largest absolute Gasteiger partial charge is 0.467 e. The Morgan fingerprint density at radius 2 is 2.20 bits per heavy atom. The van der Waals surface area contributed by atoms with Gasteiger partial charge in [0, 0.05) is 6.54 Å². The molecular formula is C12H16N2O5S. The molecule has 2 aromatic rings. The maximum Gasteiger partial charge on any atom is 0.245 e. The molecule has 20 heavy (non-hydrogen) atoms. The highest BCUT2D eigenvalue weighted by atomic mass is 32.2. The topological polar surface area (TPSA) is 106 Å². The van der Waals surface area contributed by atoms with Crippen molar-refractivity contribution in [3.05, 3.63) is 35.6 Å². The zero-order valence-corrected chi connectivity index (χ0v) is 12.0. The van der Waals surface area contributed by atoms with E-state index < -0.39 is 16.1 Å². The van der Waals surface area contributed by atoms with Gasteiger partial charge in [0.1, 0.15) is 22.5 Å². The fraction of sp³-hybridized carbons (Fsp3) is 0.417. The first-order valence-corrected chi connectivity index (χ1v) is 7.54. The summed E-state index contributed by atoms with van der Waals surface area (Å²) >= 11 is 0. The van der Waals surface area contributed by atoms with E-state index in [0.29, 0.717) is 11.5 Å². The van der Waals surface area contributed by atoms with Gasteiger partial charge in [-0.1, -0.05) is 5.16 Å². The third kappa shape index (κ3) is 3.09. The number of nitrogens with one attached hydrogen (secondary N) is 1. The van der Waals surface area contributed by atoms with Crippen LogP contribution in [0.25, 0.3) is 0 Å². The Kier molecular flexibility index (Phi) is 4.26. The molecule has 1 unspecified atom stereocenters. The molecule has 0 saturated carbocycles. The number of aliphatic hydroxyl groups is 1. The molecule has 1 atom stereocenters.